The van der Waals surface area contributed by atoms with Crippen molar-refractivity contribution in [1.29, 1.82) is 0 Å². The number of carbonyl (C=O) groups is 1. The Balaban J connectivity index is 1.98. The fraction of sp³-hybridized carbons (Fsp3) is 0.350. The van der Waals surface area contributed by atoms with Crippen molar-refractivity contribution in [3.63, 3.8) is 0 Å². The van der Waals surface area contributed by atoms with Gasteiger partial charge in [-0.05, 0) is 36.1 Å². The summed E-state index contributed by atoms with van der Waals surface area (Å²) in [5.41, 5.74) is 4.54. The van der Waals surface area contributed by atoms with Crippen molar-refractivity contribution >= 4 is 17.3 Å². The monoisotopic (exact) mass is 310 g/mol. The highest BCUT2D eigenvalue weighted by Gasteiger charge is 2.11. The molecule has 0 radical (unpaired) electrons. The first-order chi connectivity index (χ1) is 11.2. The number of carbonyl (C=O) groups excluding carboxylic acids is 1. The van der Waals surface area contributed by atoms with E-state index in [9.17, 15) is 4.79 Å². The fourth-order valence-electron chi connectivity index (χ4n) is 2.69. The summed E-state index contributed by atoms with van der Waals surface area (Å²) in [4.78, 5) is 14.4. The number of aryl methyl sites for hydroxylation is 2. The molecule has 2 aromatic rings. The summed E-state index contributed by atoms with van der Waals surface area (Å²) in [6, 6.07) is 16.4. The second kappa shape index (κ2) is 8.37. The van der Waals surface area contributed by atoms with Gasteiger partial charge in [0.2, 0.25) is 5.91 Å². The summed E-state index contributed by atoms with van der Waals surface area (Å²) in [5, 5.41) is 3.12. The summed E-state index contributed by atoms with van der Waals surface area (Å²) in [5.74, 6) is 0.0726. The lowest BCUT2D eigenvalue weighted by Gasteiger charge is -2.19. The van der Waals surface area contributed by atoms with E-state index in [2.05, 4.69) is 54.4 Å². The molecule has 0 unspecified atom stereocenters. The van der Waals surface area contributed by atoms with Crippen LogP contribution in [-0.2, 0) is 17.6 Å². The van der Waals surface area contributed by atoms with Crippen LogP contribution in [0.4, 0.5) is 11.4 Å². The molecular weight excluding hydrogens is 284 g/mol. The molecule has 0 fully saturated rings. The number of hydrogen-bond acceptors (Lipinski definition) is 2. The van der Waals surface area contributed by atoms with Gasteiger partial charge in [-0.2, -0.15) is 0 Å². The van der Waals surface area contributed by atoms with Gasteiger partial charge in [-0.3, -0.25) is 4.79 Å². The molecule has 0 spiro atoms. The van der Waals surface area contributed by atoms with E-state index in [4.69, 9.17) is 0 Å². The van der Waals surface area contributed by atoms with Crippen molar-refractivity contribution in [2.45, 2.75) is 33.1 Å². The van der Waals surface area contributed by atoms with Crippen molar-refractivity contribution in [1.82, 2.24) is 0 Å². The third kappa shape index (κ3) is 4.59. The number of rotatable bonds is 7. The molecule has 0 atom stereocenters. The Morgan fingerprint density at radius 3 is 2.13 bits per heavy atom. The van der Waals surface area contributed by atoms with Crippen molar-refractivity contribution < 1.29 is 4.79 Å². The number of para-hydroxylation sites is 2. The first-order valence-electron chi connectivity index (χ1n) is 8.32. The van der Waals surface area contributed by atoms with E-state index >= 15 is 0 Å². The predicted octanol–water partition coefficient (Wildman–Crippen LogP) is 4.28. The Morgan fingerprint density at radius 1 is 0.957 bits per heavy atom. The molecule has 0 bridgehead atoms. The number of anilines is 2. The highest BCUT2D eigenvalue weighted by atomic mass is 16.1. The molecule has 0 aliphatic carbocycles. The van der Waals surface area contributed by atoms with Crippen LogP contribution in [0.5, 0.6) is 0 Å². The van der Waals surface area contributed by atoms with Gasteiger partial charge in [0.1, 0.15) is 0 Å². The molecule has 3 heteroatoms. The van der Waals surface area contributed by atoms with Crippen molar-refractivity contribution in [3.05, 3.63) is 59.7 Å². The largest absolute Gasteiger partial charge is 0.374 e. The Bertz CT molecular complexity index is 615. The minimum absolute atomic E-state index is 0.0726. The molecule has 0 heterocycles. The van der Waals surface area contributed by atoms with Crippen LogP contribution in [0, 0.1) is 0 Å². The van der Waals surface area contributed by atoms with Crippen LogP contribution in [0.3, 0.4) is 0 Å². The zero-order chi connectivity index (χ0) is 16.7. The van der Waals surface area contributed by atoms with Gasteiger partial charge in [0, 0.05) is 31.4 Å². The van der Waals surface area contributed by atoms with Gasteiger partial charge in [-0.25, -0.2) is 0 Å². The van der Waals surface area contributed by atoms with Crippen molar-refractivity contribution in [2.75, 3.05) is 23.8 Å². The molecule has 0 aliphatic rings. The maximum Gasteiger partial charge on any atom is 0.226 e. The summed E-state index contributed by atoms with van der Waals surface area (Å²) in [6.45, 7) is 4.94. The minimum atomic E-state index is 0.0726. The zero-order valence-electron chi connectivity index (χ0n) is 14.3. The normalized spacial score (nSPS) is 10.4. The average molecular weight is 310 g/mol. The molecule has 3 nitrogen and oxygen atoms in total. The SMILES string of the molecule is CCc1cccc(CC)c1NC(=O)CCN(C)c1ccccc1. The van der Waals surface area contributed by atoms with E-state index in [-0.39, 0.29) is 5.91 Å². The second-order valence-corrected chi connectivity index (χ2v) is 5.71. The number of benzene rings is 2. The topological polar surface area (TPSA) is 32.3 Å². The van der Waals surface area contributed by atoms with E-state index in [1.807, 2.05) is 25.2 Å². The first kappa shape index (κ1) is 17.1. The van der Waals surface area contributed by atoms with Crippen LogP contribution in [0.15, 0.2) is 48.5 Å². The predicted molar refractivity (Wildman–Crippen MR) is 98.2 cm³/mol. The quantitative estimate of drug-likeness (QED) is 0.828. The second-order valence-electron chi connectivity index (χ2n) is 5.71. The van der Waals surface area contributed by atoms with Crippen LogP contribution >= 0.6 is 0 Å². The van der Waals surface area contributed by atoms with Crippen molar-refractivity contribution in [3.8, 4) is 0 Å². The Labute approximate surface area is 139 Å². The van der Waals surface area contributed by atoms with E-state index < -0.39 is 0 Å². The van der Waals surface area contributed by atoms with Gasteiger partial charge in [0.25, 0.3) is 0 Å². The number of nitrogens with one attached hydrogen (secondary N) is 1. The lowest BCUT2D eigenvalue weighted by molar-refractivity contribution is -0.116. The number of nitrogens with zero attached hydrogens (tertiary/aromatic N) is 1. The summed E-state index contributed by atoms with van der Waals surface area (Å²) in [7, 11) is 2.01. The van der Waals surface area contributed by atoms with Gasteiger partial charge in [0.05, 0.1) is 0 Å². The molecule has 122 valence electrons. The van der Waals surface area contributed by atoms with Crippen LogP contribution < -0.4 is 10.2 Å². The van der Waals surface area contributed by atoms with Gasteiger partial charge in [-0.1, -0.05) is 50.2 Å². The van der Waals surface area contributed by atoms with Crippen LogP contribution in [0.2, 0.25) is 0 Å². The number of hydrogen-bond donors (Lipinski definition) is 1. The maximum absolute atomic E-state index is 12.3. The molecule has 2 aromatic carbocycles. The molecule has 1 N–H and O–H groups in total. The number of amides is 1. The third-order valence-corrected chi connectivity index (χ3v) is 4.13. The molecule has 23 heavy (non-hydrogen) atoms. The maximum atomic E-state index is 12.3. The first-order valence-corrected chi connectivity index (χ1v) is 8.32. The zero-order valence-corrected chi connectivity index (χ0v) is 14.3. The van der Waals surface area contributed by atoms with Crippen LogP contribution in [0.25, 0.3) is 0 Å². The Hall–Kier alpha value is -2.29. The smallest absolute Gasteiger partial charge is 0.226 e. The molecule has 0 saturated carbocycles. The van der Waals surface area contributed by atoms with E-state index in [1.165, 1.54) is 11.1 Å². The summed E-state index contributed by atoms with van der Waals surface area (Å²) < 4.78 is 0. The van der Waals surface area contributed by atoms with E-state index in [0.29, 0.717) is 13.0 Å². The van der Waals surface area contributed by atoms with Crippen molar-refractivity contribution in [2.24, 2.45) is 0 Å². The fourth-order valence-corrected chi connectivity index (χ4v) is 2.69. The Morgan fingerprint density at radius 2 is 1.57 bits per heavy atom. The molecule has 0 aromatic heterocycles. The standard InChI is InChI=1S/C20H26N2O/c1-4-16-10-9-11-17(5-2)20(16)21-19(23)14-15-22(3)18-12-7-6-8-13-18/h6-13H,4-5,14-15H2,1-3H3,(H,21,23). The lowest BCUT2D eigenvalue weighted by Crippen LogP contribution is -2.24. The van der Waals surface area contributed by atoms with Crippen LogP contribution in [-0.4, -0.2) is 19.5 Å². The molecule has 2 rings (SSSR count). The van der Waals surface area contributed by atoms with E-state index in [1.54, 1.807) is 0 Å². The third-order valence-electron chi connectivity index (χ3n) is 4.13. The van der Waals surface area contributed by atoms with Gasteiger partial charge in [0.15, 0.2) is 0 Å². The lowest BCUT2D eigenvalue weighted by atomic mass is 10.0. The summed E-state index contributed by atoms with van der Waals surface area (Å²) in [6.07, 6.45) is 2.33. The van der Waals surface area contributed by atoms with Gasteiger partial charge in [-0.15, -0.1) is 0 Å². The highest BCUT2D eigenvalue weighted by molar-refractivity contribution is 5.92. The molecule has 0 saturated heterocycles. The minimum Gasteiger partial charge on any atom is -0.374 e. The molecular formula is C20H26N2O. The highest BCUT2D eigenvalue weighted by Crippen LogP contribution is 2.22. The molecule has 0 aliphatic heterocycles. The van der Waals surface area contributed by atoms with E-state index in [0.717, 1.165) is 24.2 Å². The molecule has 1 amide bonds. The van der Waals surface area contributed by atoms with Gasteiger partial charge < -0.3 is 10.2 Å². The Kier molecular flexibility index (Phi) is 6.21. The van der Waals surface area contributed by atoms with Gasteiger partial charge >= 0.3 is 0 Å². The van der Waals surface area contributed by atoms with Crippen LogP contribution in [0.1, 0.15) is 31.4 Å². The average Bonchev–Trinajstić information content (AvgIpc) is 2.60. The summed E-state index contributed by atoms with van der Waals surface area (Å²) >= 11 is 0.